The second-order valence-electron chi connectivity index (χ2n) is 10.4. The Morgan fingerprint density at radius 2 is 1.25 bits per heavy atom. The van der Waals surface area contributed by atoms with E-state index in [9.17, 15) is 71.4 Å². The van der Waals surface area contributed by atoms with Crippen molar-refractivity contribution >= 4 is 75.8 Å². The average Bonchev–Trinajstić information content (AvgIpc) is 3.58. The monoisotopic (exact) mass is 998 g/mol. The fourth-order valence-corrected chi connectivity index (χ4v) is 6.86. The van der Waals surface area contributed by atoms with Gasteiger partial charge < -0.3 is 28.2 Å². The molecule has 1 N–H and O–H groups in total. The Morgan fingerprint density at radius 3 is 1.75 bits per heavy atom. The summed E-state index contributed by atoms with van der Waals surface area (Å²) in [5.41, 5.74) is -4.68. The number of ether oxygens (including phenoxy) is 2. The second kappa shape index (κ2) is 24.5. The topological polar surface area (TPSA) is 352 Å². The van der Waals surface area contributed by atoms with Crippen LogP contribution in [0.2, 0.25) is 0 Å². The third-order valence-electron chi connectivity index (χ3n) is 6.88. The molecule has 0 spiro atoms. The van der Waals surface area contributed by atoms with Crippen LogP contribution in [0.1, 0.15) is 29.9 Å². The SMILES string of the molecule is CCOC(=O)C1=NN(c2cc(S(=O)(=O)[O-])ccc2S(=O)(=O)[O-])C(=O)C1=CC=CC=Cc1c(C(=O)OCC)nn(-c2cc(S(=O)(=O)[O-])ccc2S(=O)(=O)O)c1[O-].[K+].[K+].[K+].[K+]. The zero-order valence-electron chi connectivity index (χ0n) is 31.6. The van der Waals surface area contributed by atoms with Gasteiger partial charge in [-0.2, -0.15) is 23.6 Å². The van der Waals surface area contributed by atoms with E-state index in [1.807, 2.05) is 0 Å². The summed E-state index contributed by atoms with van der Waals surface area (Å²) in [5, 5.41) is 21.1. The van der Waals surface area contributed by atoms with Crippen molar-refractivity contribution in [2.75, 3.05) is 18.2 Å². The van der Waals surface area contributed by atoms with E-state index in [0.717, 1.165) is 30.4 Å². The first kappa shape index (κ1) is 59.9. The van der Waals surface area contributed by atoms with Gasteiger partial charge in [0.15, 0.2) is 11.4 Å². The first-order valence-corrected chi connectivity index (χ1v) is 20.3. The van der Waals surface area contributed by atoms with Crippen LogP contribution in [-0.2, 0) is 59.5 Å². The molecule has 1 amide bonds. The van der Waals surface area contributed by atoms with E-state index in [-0.39, 0.29) is 228 Å². The molecule has 0 bridgehead atoms. The minimum Gasteiger partial charge on any atom is -0.858 e. The van der Waals surface area contributed by atoms with Crippen molar-refractivity contribution in [1.82, 2.24) is 9.78 Å². The predicted molar refractivity (Wildman–Crippen MR) is 177 cm³/mol. The van der Waals surface area contributed by atoms with Crippen LogP contribution in [0.5, 0.6) is 5.88 Å². The number of hydrazone groups is 1. The van der Waals surface area contributed by atoms with Crippen LogP contribution in [0, 0.1) is 0 Å². The summed E-state index contributed by atoms with van der Waals surface area (Å²) >= 11 is 0. The summed E-state index contributed by atoms with van der Waals surface area (Å²) < 4.78 is 149. The molecular weight excluding hydrogens is 977 g/mol. The van der Waals surface area contributed by atoms with Crippen molar-refractivity contribution in [3.8, 4) is 11.6 Å². The van der Waals surface area contributed by atoms with Gasteiger partial charge in [-0.3, -0.25) is 9.35 Å². The summed E-state index contributed by atoms with van der Waals surface area (Å²) in [4.78, 5) is 34.5. The number of hydrogen-bond donors (Lipinski definition) is 1. The van der Waals surface area contributed by atoms with Crippen LogP contribution in [0.25, 0.3) is 11.8 Å². The van der Waals surface area contributed by atoms with Crippen molar-refractivity contribution in [2.24, 2.45) is 5.10 Å². The zero-order valence-corrected chi connectivity index (χ0v) is 47.3. The van der Waals surface area contributed by atoms with E-state index in [1.165, 1.54) is 13.8 Å². The normalized spacial score (nSPS) is 13.9. The Morgan fingerprint density at radius 1 is 0.746 bits per heavy atom. The Labute approximate surface area is 507 Å². The van der Waals surface area contributed by atoms with Gasteiger partial charge in [0.05, 0.1) is 44.8 Å². The van der Waals surface area contributed by atoms with E-state index in [2.05, 4.69) is 10.2 Å². The molecule has 1 aliphatic rings. The maximum atomic E-state index is 13.5. The van der Waals surface area contributed by atoms with Crippen LogP contribution in [0.15, 0.2) is 91.0 Å². The molecule has 0 aliphatic carbocycles. The fraction of sp³-hybridized carbons (Fsp3) is 0.138. The number of allylic oxidation sites excluding steroid dienone is 4. The van der Waals surface area contributed by atoms with E-state index < -0.39 is 118 Å². The molecule has 0 saturated carbocycles. The zero-order chi connectivity index (χ0) is 41.3. The van der Waals surface area contributed by atoms with Gasteiger partial charge in [0.25, 0.3) is 16.0 Å². The molecule has 0 fully saturated rings. The number of carbonyl (C=O) groups excluding carboxylic acids is 3. The molecule has 30 heteroatoms. The average molecular weight is 999 g/mol. The van der Waals surface area contributed by atoms with Crippen LogP contribution in [-0.4, -0.2) is 98.4 Å². The number of aromatic nitrogens is 2. The maximum Gasteiger partial charge on any atom is 1.00 e. The summed E-state index contributed by atoms with van der Waals surface area (Å²) in [5.74, 6) is -5.08. The summed E-state index contributed by atoms with van der Waals surface area (Å²) in [6.07, 6.45) is 4.96. The number of nitrogens with zero attached hydrogens (tertiary/aromatic N) is 4. The van der Waals surface area contributed by atoms with Gasteiger partial charge in [0.2, 0.25) is 0 Å². The molecular formula is C29H22K4N4O18S4. The molecule has 2 heterocycles. The number of amides is 1. The van der Waals surface area contributed by atoms with E-state index in [0.29, 0.717) is 36.4 Å². The quantitative estimate of drug-likeness (QED) is 0.0546. The third-order valence-corrected chi connectivity index (χ3v) is 10.3. The maximum absolute atomic E-state index is 13.5. The molecule has 0 radical (unpaired) electrons. The van der Waals surface area contributed by atoms with E-state index in [1.54, 1.807) is 0 Å². The van der Waals surface area contributed by atoms with Crippen molar-refractivity contribution in [3.05, 3.63) is 77.5 Å². The Kier molecular flexibility index (Phi) is 24.8. The molecule has 0 unspecified atom stereocenters. The molecule has 59 heavy (non-hydrogen) atoms. The van der Waals surface area contributed by atoms with Gasteiger partial charge in [-0.25, -0.2) is 39.5 Å². The minimum absolute atomic E-state index is 0. The van der Waals surface area contributed by atoms with Crippen LogP contribution in [0.3, 0.4) is 0 Å². The molecule has 4 rings (SSSR count). The largest absolute Gasteiger partial charge is 1.00 e. The summed E-state index contributed by atoms with van der Waals surface area (Å²) in [7, 11) is -21.2. The van der Waals surface area contributed by atoms with Gasteiger partial charge in [0, 0.05) is 5.56 Å². The number of anilines is 1. The minimum atomic E-state index is -5.44. The summed E-state index contributed by atoms with van der Waals surface area (Å²) in [6, 6.07) is 2.81. The second-order valence-corrected chi connectivity index (χ2v) is 15.9. The molecule has 0 atom stereocenters. The standard InChI is InChI=1S/C29H26N4O18S4.4K/c1-3-50-28(36)24-18(26(34)32(30-24)20-14-16(52(38,39)40)10-12-22(20)54(44,45)46)8-6-5-7-9-19-25(29(37)51-4-2)31-33(27(19)35)21-15-17(53(41,42)43)11-13-23(21)55(47,48)49;;;;/h5-15,34H,3-4H2,1-2H3,(H,38,39,40)(H,41,42,43)(H,44,45,46)(H,47,48,49);;;;/q;4*+1/p-4. The molecule has 294 valence electrons. The number of esters is 2. The molecule has 3 aromatic rings. The first-order chi connectivity index (χ1) is 25.4. The van der Waals surface area contributed by atoms with E-state index in [4.69, 9.17) is 9.47 Å². The van der Waals surface area contributed by atoms with Gasteiger partial charge in [-0.05, 0) is 62.2 Å². The number of carbonyl (C=O) groups is 3. The first-order valence-electron chi connectivity index (χ1n) is 14.7. The molecule has 22 nitrogen and oxygen atoms in total. The Bertz CT molecular complexity index is 2720. The van der Waals surface area contributed by atoms with Crippen LogP contribution >= 0.6 is 0 Å². The molecule has 1 aromatic heterocycles. The van der Waals surface area contributed by atoms with Gasteiger partial charge in [-0.1, -0.05) is 24.3 Å². The van der Waals surface area contributed by atoms with E-state index >= 15 is 0 Å². The Hall–Kier alpha value is 0.935. The molecule has 0 saturated heterocycles. The van der Waals surface area contributed by atoms with Crippen LogP contribution in [0.4, 0.5) is 5.69 Å². The number of benzene rings is 2. The van der Waals surface area contributed by atoms with Gasteiger partial charge in [0.1, 0.15) is 35.2 Å². The van der Waals surface area contributed by atoms with Crippen molar-refractivity contribution in [1.29, 1.82) is 0 Å². The predicted octanol–water partition coefficient (Wildman–Crippen LogP) is -12.4. The molecule has 2 aromatic carbocycles. The van der Waals surface area contributed by atoms with Gasteiger partial charge >= 0.3 is 217 Å². The van der Waals surface area contributed by atoms with Crippen LogP contribution < -0.4 is 216 Å². The summed E-state index contributed by atoms with van der Waals surface area (Å²) in [6.45, 7) is 2.28. The smallest absolute Gasteiger partial charge is 0.858 e. The Balaban J connectivity index is 0.00000841. The van der Waals surface area contributed by atoms with Crippen molar-refractivity contribution < 1.29 is 286 Å². The van der Waals surface area contributed by atoms with Crippen molar-refractivity contribution in [2.45, 2.75) is 33.4 Å². The molecule has 1 aliphatic heterocycles. The number of rotatable bonds is 13. The van der Waals surface area contributed by atoms with Gasteiger partial charge in [-0.15, -0.1) is 0 Å². The van der Waals surface area contributed by atoms with Crippen molar-refractivity contribution in [3.63, 3.8) is 0 Å². The third kappa shape index (κ3) is 15.0. The number of hydrogen-bond acceptors (Lipinski definition) is 19. The fourth-order valence-electron chi connectivity index (χ4n) is 4.59.